The van der Waals surface area contributed by atoms with Crippen molar-refractivity contribution in [1.29, 1.82) is 0 Å². The number of carbonyl (C=O) groups is 1. The SMILES string of the molecule is CC[C@@H](NC(=O)CN(c1ccccc1F)S(=O)(=O)c1ccc(C)cc1)c1ccc2c(c1)CCCC2. The number of carbonyl (C=O) groups excluding carboxylic acids is 1. The van der Waals surface area contributed by atoms with Gasteiger partial charge in [-0.25, -0.2) is 12.8 Å². The van der Waals surface area contributed by atoms with E-state index in [-0.39, 0.29) is 16.6 Å². The molecule has 0 radical (unpaired) electrons. The Morgan fingerprint density at radius 2 is 1.69 bits per heavy atom. The van der Waals surface area contributed by atoms with Gasteiger partial charge in [-0.15, -0.1) is 0 Å². The molecule has 3 aromatic rings. The highest BCUT2D eigenvalue weighted by molar-refractivity contribution is 7.92. The van der Waals surface area contributed by atoms with Gasteiger partial charge in [-0.3, -0.25) is 9.10 Å². The first kappa shape index (κ1) is 24.9. The van der Waals surface area contributed by atoms with Crippen LogP contribution in [0, 0.1) is 12.7 Å². The Hall–Kier alpha value is -3.19. The van der Waals surface area contributed by atoms with Crippen LogP contribution in [0.2, 0.25) is 0 Å². The number of rotatable bonds is 8. The van der Waals surface area contributed by atoms with Crippen LogP contribution >= 0.6 is 0 Å². The number of para-hydroxylation sites is 1. The molecule has 0 aromatic heterocycles. The van der Waals surface area contributed by atoms with Gasteiger partial charge in [0.05, 0.1) is 16.6 Å². The fourth-order valence-electron chi connectivity index (χ4n) is 4.55. The molecular weight excluding hydrogens is 463 g/mol. The van der Waals surface area contributed by atoms with Gasteiger partial charge >= 0.3 is 0 Å². The predicted molar refractivity (Wildman–Crippen MR) is 136 cm³/mol. The number of sulfonamides is 1. The number of nitrogens with one attached hydrogen (secondary N) is 1. The molecule has 0 saturated carbocycles. The molecule has 1 aliphatic carbocycles. The van der Waals surface area contributed by atoms with Crippen molar-refractivity contribution in [2.24, 2.45) is 0 Å². The second-order valence-electron chi connectivity index (χ2n) is 9.04. The molecule has 4 rings (SSSR count). The van der Waals surface area contributed by atoms with E-state index in [2.05, 4.69) is 17.4 Å². The minimum absolute atomic E-state index is 0.000817. The number of fused-ring (bicyclic) bond motifs is 1. The highest BCUT2D eigenvalue weighted by Crippen LogP contribution is 2.28. The summed E-state index contributed by atoms with van der Waals surface area (Å²) in [6.45, 7) is 3.30. The Morgan fingerprint density at radius 3 is 2.37 bits per heavy atom. The number of nitrogens with zero attached hydrogens (tertiary/aromatic N) is 1. The lowest BCUT2D eigenvalue weighted by Crippen LogP contribution is -2.42. The van der Waals surface area contributed by atoms with Gasteiger partial charge in [0.25, 0.3) is 10.0 Å². The molecule has 3 aromatic carbocycles. The molecule has 5 nitrogen and oxygen atoms in total. The summed E-state index contributed by atoms with van der Waals surface area (Å²) < 4.78 is 42.6. The van der Waals surface area contributed by atoms with Crippen LogP contribution in [0.25, 0.3) is 0 Å². The minimum Gasteiger partial charge on any atom is -0.348 e. The van der Waals surface area contributed by atoms with E-state index in [9.17, 15) is 17.6 Å². The molecule has 0 unspecified atom stereocenters. The van der Waals surface area contributed by atoms with Gasteiger partial charge < -0.3 is 5.32 Å². The third-order valence-corrected chi connectivity index (χ3v) is 8.31. The average molecular weight is 495 g/mol. The van der Waals surface area contributed by atoms with Crippen LogP contribution in [0.5, 0.6) is 0 Å². The van der Waals surface area contributed by atoms with E-state index in [1.165, 1.54) is 47.9 Å². The van der Waals surface area contributed by atoms with Crippen molar-refractivity contribution in [2.75, 3.05) is 10.8 Å². The van der Waals surface area contributed by atoms with Gasteiger partial charge in [0.15, 0.2) is 0 Å². The lowest BCUT2D eigenvalue weighted by atomic mass is 9.89. The third-order valence-electron chi connectivity index (χ3n) is 6.54. The van der Waals surface area contributed by atoms with Crippen molar-refractivity contribution < 1.29 is 17.6 Å². The molecule has 1 amide bonds. The Kier molecular flexibility index (Phi) is 7.55. The normalized spacial score (nSPS) is 14.1. The lowest BCUT2D eigenvalue weighted by Gasteiger charge is -2.26. The molecule has 0 aliphatic heterocycles. The number of hydrogen-bond acceptors (Lipinski definition) is 3. The summed E-state index contributed by atoms with van der Waals surface area (Å²) in [5, 5.41) is 2.97. The molecule has 0 bridgehead atoms. The van der Waals surface area contributed by atoms with Crippen molar-refractivity contribution in [3.63, 3.8) is 0 Å². The van der Waals surface area contributed by atoms with Crippen LogP contribution in [0.3, 0.4) is 0 Å². The maximum atomic E-state index is 14.7. The zero-order valence-electron chi connectivity index (χ0n) is 20.1. The molecular formula is C28H31FN2O3S. The molecule has 1 aliphatic rings. The van der Waals surface area contributed by atoms with Crippen molar-refractivity contribution in [2.45, 2.75) is 56.9 Å². The number of halogens is 1. The average Bonchev–Trinajstić information content (AvgIpc) is 2.86. The van der Waals surface area contributed by atoms with E-state index in [4.69, 9.17) is 0 Å². The zero-order chi connectivity index (χ0) is 25.0. The number of amides is 1. The van der Waals surface area contributed by atoms with Crippen LogP contribution in [0.4, 0.5) is 10.1 Å². The largest absolute Gasteiger partial charge is 0.348 e. The topological polar surface area (TPSA) is 66.5 Å². The highest BCUT2D eigenvalue weighted by atomic mass is 32.2. The lowest BCUT2D eigenvalue weighted by molar-refractivity contribution is -0.120. The Bertz CT molecular complexity index is 1310. The maximum absolute atomic E-state index is 14.7. The molecule has 1 N–H and O–H groups in total. The van der Waals surface area contributed by atoms with Gasteiger partial charge in [0, 0.05) is 0 Å². The summed E-state index contributed by atoms with van der Waals surface area (Å²) in [5.41, 5.74) is 4.41. The molecule has 35 heavy (non-hydrogen) atoms. The van der Waals surface area contributed by atoms with Crippen LogP contribution < -0.4 is 9.62 Å². The van der Waals surface area contributed by atoms with Crippen molar-refractivity contribution >= 4 is 21.6 Å². The molecule has 0 spiro atoms. The van der Waals surface area contributed by atoms with Crippen LogP contribution in [0.1, 0.15) is 54.5 Å². The standard InChI is InChI=1S/C28H31FN2O3S/c1-3-26(23-15-14-21-8-4-5-9-22(21)18-23)30-28(32)19-31(27-11-7-6-10-25(27)29)35(33,34)24-16-12-20(2)13-17-24/h6-7,10-18,26H,3-5,8-9,19H2,1-2H3,(H,30,32)/t26-/m1/s1. The number of aryl methyl sites for hydroxylation is 3. The Morgan fingerprint density at radius 1 is 1.00 bits per heavy atom. The van der Waals surface area contributed by atoms with Gasteiger partial charge in [0.2, 0.25) is 5.91 Å². The van der Waals surface area contributed by atoms with E-state index in [1.807, 2.05) is 19.9 Å². The maximum Gasteiger partial charge on any atom is 0.264 e. The smallest absolute Gasteiger partial charge is 0.264 e. The van der Waals surface area contributed by atoms with Crippen molar-refractivity contribution in [1.82, 2.24) is 5.32 Å². The van der Waals surface area contributed by atoms with E-state index in [0.29, 0.717) is 6.42 Å². The fraction of sp³-hybridized carbons (Fsp3) is 0.321. The molecule has 184 valence electrons. The third kappa shape index (κ3) is 5.56. The second kappa shape index (κ2) is 10.6. The molecule has 7 heteroatoms. The van der Waals surface area contributed by atoms with Gasteiger partial charge in [-0.05, 0) is 80.0 Å². The van der Waals surface area contributed by atoms with Gasteiger partial charge in [0.1, 0.15) is 12.4 Å². The quantitative estimate of drug-likeness (QED) is 0.451. The van der Waals surface area contributed by atoms with Crippen LogP contribution in [0.15, 0.2) is 71.6 Å². The summed E-state index contributed by atoms with van der Waals surface area (Å²) in [4.78, 5) is 13.2. The molecule has 0 saturated heterocycles. The summed E-state index contributed by atoms with van der Waals surface area (Å²) in [5.74, 6) is -1.20. The van der Waals surface area contributed by atoms with Crippen molar-refractivity contribution in [3.05, 3.63) is 94.8 Å². The van der Waals surface area contributed by atoms with E-state index >= 15 is 0 Å². The van der Waals surface area contributed by atoms with Crippen molar-refractivity contribution in [3.8, 4) is 0 Å². The van der Waals surface area contributed by atoms with E-state index < -0.39 is 28.3 Å². The minimum atomic E-state index is -4.18. The first-order valence-corrected chi connectivity index (χ1v) is 13.5. The number of hydrogen-bond donors (Lipinski definition) is 1. The van der Waals surface area contributed by atoms with Crippen LogP contribution in [-0.2, 0) is 27.7 Å². The summed E-state index contributed by atoms with van der Waals surface area (Å²) >= 11 is 0. The highest BCUT2D eigenvalue weighted by Gasteiger charge is 2.30. The number of anilines is 1. The summed E-state index contributed by atoms with van der Waals surface area (Å²) in [6.07, 6.45) is 5.11. The van der Waals surface area contributed by atoms with Crippen LogP contribution in [-0.4, -0.2) is 20.9 Å². The Labute approximate surface area is 207 Å². The van der Waals surface area contributed by atoms with E-state index in [0.717, 1.165) is 34.7 Å². The molecule has 0 fully saturated rings. The first-order chi connectivity index (χ1) is 16.8. The molecule has 1 atom stereocenters. The van der Waals surface area contributed by atoms with E-state index in [1.54, 1.807) is 18.2 Å². The number of benzene rings is 3. The summed E-state index contributed by atoms with van der Waals surface area (Å²) in [7, 11) is -4.18. The second-order valence-corrected chi connectivity index (χ2v) is 10.9. The first-order valence-electron chi connectivity index (χ1n) is 12.0. The molecule has 0 heterocycles. The summed E-state index contributed by atoms with van der Waals surface area (Å²) in [6, 6.07) is 17.9. The predicted octanol–water partition coefficient (Wildman–Crippen LogP) is 5.48. The zero-order valence-corrected chi connectivity index (χ0v) is 20.9. The monoisotopic (exact) mass is 494 g/mol. The van der Waals surface area contributed by atoms with Gasteiger partial charge in [-0.2, -0.15) is 0 Å². The van der Waals surface area contributed by atoms with Gasteiger partial charge in [-0.1, -0.05) is 55.0 Å². The Balaban J connectivity index is 1.61. The fourth-order valence-corrected chi connectivity index (χ4v) is 5.98.